The highest BCUT2D eigenvalue weighted by molar-refractivity contribution is 5.87. The van der Waals surface area contributed by atoms with Crippen molar-refractivity contribution in [2.24, 2.45) is 0 Å². The number of unbranched alkanes of at least 4 members (excludes halogenated alkanes) is 1. The standard InChI is InChI=1S/C19H30N2O2/c1-19(2,16-8-10-17(23-3)11-9-16)18(22)20-12-4-5-13-21-14-6-7-15-21/h8-11H,4-7,12-15H2,1-3H3,(H,20,22). The van der Waals surface area contributed by atoms with Crippen LogP contribution in [0.2, 0.25) is 0 Å². The predicted molar refractivity (Wildman–Crippen MR) is 93.9 cm³/mol. The van der Waals surface area contributed by atoms with Crippen molar-refractivity contribution in [2.45, 2.75) is 44.9 Å². The number of likely N-dealkylation sites (tertiary alicyclic amines) is 1. The van der Waals surface area contributed by atoms with Gasteiger partial charge in [0.15, 0.2) is 0 Å². The highest BCUT2D eigenvalue weighted by Gasteiger charge is 2.29. The summed E-state index contributed by atoms with van der Waals surface area (Å²) in [5.41, 5.74) is 0.481. The summed E-state index contributed by atoms with van der Waals surface area (Å²) in [5.74, 6) is 0.899. The smallest absolute Gasteiger partial charge is 0.230 e. The van der Waals surface area contributed by atoms with Crippen LogP contribution in [0.3, 0.4) is 0 Å². The van der Waals surface area contributed by atoms with E-state index in [0.717, 1.165) is 37.2 Å². The third-order valence-corrected chi connectivity index (χ3v) is 4.76. The monoisotopic (exact) mass is 318 g/mol. The molecule has 1 fully saturated rings. The zero-order chi connectivity index (χ0) is 16.7. The van der Waals surface area contributed by atoms with Crippen LogP contribution in [-0.2, 0) is 10.2 Å². The number of carbonyl (C=O) groups excluding carboxylic acids is 1. The summed E-state index contributed by atoms with van der Waals surface area (Å²) >= 11 is 0. The van der Waals surface area contributed by atoms with Crippen molar-refractivity contribution >= 4 is 5.91 Å². The van der Waals surface area contributed by atoms with Crippen LogP contribution in [0.5, 0.6) is 5.75 Å². The van der Waals surface area contributed by atoms with Gasteiger partial charge in [-0.05, 0) is 76.9 Å². The molecule has 1 aromatic rings. The zero-order valence-corrected chi connectivity index (χ0v) is 14.7. The van der Waals surface area contributed by atoms with E-state index in [2.05, 4.69) is 10.2 Å². The van der Waals surface area contributed by atoms with E-state index in [0.29, 0.717) is 0 Å². The molecule has 23 heavy (non-hydrogen) atoms. The van der Waals surface area contributed by atoms with E-state index in [1.165, 1.54) is 25.9 Å². The first-order valence-electron chi connectivity index (χ1n) is 8.69. The lowest BCUT2D eigenvalue weighted by molar-refractivity contribution is -0.125. The maximum atomic E-state index is 12.5. The van der Waals surface area contributed by atoms with Crippen LogP contribution in [0.15, 0.2) is 24.3 Å². The molecule has 1 amide bonds. The van der Waals surface area contributed by atoms with E-state index in [1.807, 2.05) is 38.1 Å². The second-order valence-corrected chi connectivity index (χ2v) is 6.87. The summed E-state index contributed by atoms with van der Waals surface area (Å²) in [6, 6.07) is 7.73. The summed E-state index contributed by atoms with van der Waals surface area (Å²) in [7, 11) is 1.65. The molecule has 0 atom stereocenters. The van der Waals surface area contributed by atoms with Crippen molar-refractivity contribution in [1.29, 1.82) is 0 Å². The predicted octanol–water partition coefficient (Wildman–Crippen LogP) is 2.97. The van der Waals surface area contributed by atoms with E-state index in [-0.39, 0.29) is 5.91 Å². The fourth-order valence-corrected chi connectivity index (χ4v) is 3.03. The normalized spacial score (nSPS) is 15.6. The molecule has 0 unspecified atom stereocenters. The zero-order valence-electron chi connectivity index (χ0n) is 14.7. The molecule has 1 heterocycles. The number of benzene rings is 1. The van der Waals surface area contributed by atoms with Crippen LogP contribution in [-0.4, -0.2) is 44.1 Å². The summed E-state index contributed by atoms with van der Waals surface area (Å²) in [4.78, 5) is 15.0. The van der Waals surface area contributed by atoms with Gasteiger partial charge in [0.2, 0.25) is 5.91 Å². The minimum Gasteiger partial charge on any atom is -0.497 e. The van der Waals surface area contributed by atoms with E-state index in [9.17, 15) is 4.79 Å². The summed E-state index contributed by atoms with van der Waals surface area (Å²) < 4.78 is 5.17. The molecule has 128 valence electrons. The van der Waals surface area contributed by atoms with Crippen LogP contribution in [0.25, 0.3) is 0 Å². The van der Waals surface area contributed by atoms with Gasteiger partial charge in [0.1, 0.15) is 5.75 Å². The second-order valence-electron chi connectivity index (χ2n) is 6.87. The van der Waals surface area contributed by atoms with Crippen LogP contribution in [0.4, 0.5) is 0 Å². The topological polar surface area (TPSA) is 41.6 Å². The average molecular weight is 318 g/mol. The minimum atomic E-state index is -0.527. The van der Waals surface area contributed by atoms with Gasteiger partial charge in [0.25, 0.3) is 0 Å². The van der Waals surface area contributed by atoms with Gasteiger partial charge in [-0.2, -0.15) is 0 Å². The van der Waals surface area contributed by atoms with Gasteiger partial charge in [-0.3, -0.25) is 4.79 Å². The Balaban J connectivity index is 1.74. The molecule has 0 aromatic heterocycles. The Kier molecular flexibility index (Phi) is 6.46. The summed E-state index contributed by atoms with van der Waals surface area (Å²) in [6.07, 6.45) is 4.88. The minimum absolute atomic E-state index is 0.0869. The molecular formula is C19H30N2O2. The van der Waals surface area contributed by atoms with Gasteiger partial charge in [-0.15, -0.1) is 0 Å². The number of ether oxygens (including phenoxy) is 1. The largest absolute Gasteiger partial charge is 0.497 e. The lowest BCUT2D eigenvalue weighted by atomic mass is 9.83. The van der Waals surface area contributed by atoms with Crippen LogP contribution < -0.4 is 10.1 Å². The quantitative estimate of drug-likeness (QED) is 0.749. The van der Waals surface area contributed by atoms with Gasteiger partial charge in [-0.1, -0.05) is 12.1 Å². The first-order chi connectivity index (χ1) is 11.0. The number of nitrogens with one attached hydrogen (secondary N) is 1. The Morgan fingerprint density at radius 3 is 2.43 bits per heavy atom. The van der Waals surface area contributed by atoms with Crippen molar-refractivity contribution < 1.29 is 9.53 Å². The lowest BCUT2D eigenvalue weighted by Crippen LogP contribution is -2.40. The van der Waals surface area contributed by atoms with Crippen molar-refractivity contribution in [3.05, 3.63) is 29.8 Å². The van der Waals surface area contributed by atoms with E-state index < -0.39 is 5.41 Å². The summed E-state index contributed by atoms with van der Waals surface area (Å²) in [6.45, 7) is 8.35. The van der Waals surface area contributed by atoms with Crippen LogP contribution >= 0.6 is 0 Å². The van der Waals surface area contributed by atoms with E-state index >= 15 is 0 Å². The number of hydrogen-bond donors (Lipinski definition) is 1. The first kappa shape index (κ1) is 17.8. The molecule has 1 aliphatic heterocycles. The fourth-order valence-electron chi connectivity index (χ4n) is 3.03. The molecule has 4 nitrogen and oxygen atoms in total. The Hall–Kier alpha value is -1.55. The molecule has 0 aliphatic carbocycles. The number of rotatable bonds is 8. The van der Waals surface area contributed by atoms with Gasteiger partial charge >= 0.3 is 0 Å². The highest BCUT2D eigenvalue weighted by atomic mass is 16.5. The summed E-state index contributed by atoms with van der Waals surface area (Å²) in [5, 5.41) is 3.09. The number of nitrogens with zero attached hydrogens (tertiary/aromatic N) is 1. The maximum Gasteiger partial charge on any atom is 0.230 e. The van der Waals surface area contributed by atoms with Crippen molar-refractivity contribution in [3.8, 4) is 5.75 Å². The number of amides is 1. The molecular weight excluding hydrogens is 288 g/mol. The second kappa shape index (κ2) is 8.34. The maximum absolute atomic E-state index is 12.5. The van der Waals surface area contributed by atoms with Gasteiger partial charge in [0, 0.05) is 6.54 Å². The molecule has 0 spiro atoms. The average Bonchev–Trinajstić information content (AvgIpc) is 3.07. The van der Waals surface area contributed by atoms with E-state index in [4.69, 9.17) is 4.74 Å². The molecule has 1 aromatic carbocycles. The highest BCUT2D eigenvalue weighted by Crippen LogP contribution is 2.25. The molecule has 2 rings (SSSR count). The SMILES string of the molecule is COc1ccc(C(C)(C)C(=O)NCCCCN2CCCC2)cc1. The molecule has 1 aliphatic rings. The number of carbonyl (C=O) groups is 1. The fraction of sp³-hybridized carbons (Fsp3) is 0.632. The molecule has 0 saturated carbocycles. The van der Waals surface area contributed by atoms with Crippen LogP contribution in [0, 0.1) is 0 Å². The molecule has 1 N–H and O–H groups in total. The van der Waals surface area contributed by atoms with Gasteiger partial charge < -0.3 is 15.0 Å². The molecule has 0 bridgehead atoms. The Bertz CT molecular complexity index is 491. The molecule has 1 saturated heterocycles. The number of hydrogen-bond acceptors (Lipinski definition) is 3. The van der Waals surface area contributed by atoms with Crippen LogP contribution in [0.1, 0.15) is 45.1 Å². The Morgan fingerprint density at radius 2 is 1.83 bits per heavy atom. The Labute approximate surface area is 140 Å². The van der Waals surface area contributed by atoms with Gasteiger partial charge in [-0.25, -0.2) is 0 Å². The number of methoxy groups -OCH3 is 1. The van der Waals surface area contributed by atoms with Crippen molar-refractivity contribution in [3.63, 3.8) is 0 Å². The van der Waals surface area contributed by atoms with Crippen molar-refractivity contribution in [1.82, 2.24) is 10.2 Å². The van der Waals surface area contributed by atoms with Gasteiger partial charge in [0.05, 0.1) is 12.5 Å². The molecule has 0 radical (unpaired) electrons. The molecule has 4 heteroatoms. The van der Waals surface area contributed by atoms with Crippen molar-refractivity contribution in [2.75, 3.05) is 33.3 Å². The first-order valence-corrected chi connectivity index (χ1v) is 8.69. The Morgan fingerprint density at radius 1 is 1.17 bits per heavy atom. The lowest BCUT2D eigenvalue weighted by Gasteiger charge is -2.24. The third-order valence-electron chi connectivity index (χ3n) is 4.76. The third kappa shape index (κ3) is 4.96. The van der Waals surface area contributed by atoms with E-state index in [1.54, 1.807) is 7.11 Å².